The summed E-state index contributed by atoms with van der Waals surface area (Å²) in [5.74, 6) is -0.772. The molecular weight excluding hydrogens is 208 g/mol. The van der Waals surface area contributed by atoms with Gasteiger partial charge in [0.25, 0.3) is 0 Å². The first-order chi connectivity index (χ1) is 7.68. The second-order valence-corrected chi connectivity index (χ2v) is 3.08. The third kappa shape index (κ3) is 1.83. The Bertz CT molecular complexity index is 561. The minimum Gasteiger partial charge on any atom is -0.373 e. The van der Waals surface area contributed by atoms with Gasteiger partial charge < -0.3 is 10.5 Å². The molecule has 0 aliphatic carbocycles. The fourth-order valence-corrected chi connectivity index (χ4v) is 1.42. The van der Waals surface area contributed by atoms with Crippen molar-refractivity contribution in [2.24, 2.45) is 5.73 Å². The molecule has 0 aliphatic rings. The highest BCUT2D eigenvalue weighted by Gasteiger charge is 2.13. The van der Waals surface area contributed by atoms with E-state index in [0.717, 1.165) is 0 Å². The van der Waals surface area contributed by atoms with Crippen LogP contribution in [0.1, 0.15) is 10.4 Å². The summed E-state index contributed by atoms with van der Waals surface area (Å²) in [6.45, 7) is 0. The second kappa shape index (κ2) is 3.98. The molecule has 0 radical (unpaired) electrons. The number of ether oxygens (including phenoxy) is 1. The van der Waals surface area contributed by atoms with Crippen molar-refractivity contribution in [1.29, 1.82) is 0 Å². The van der Waals surface area contributed by atoms with Crippen LogP contribution in [0.2, 0.25) is 0 Å². The van der Waals surface area contributed by atoms with Gasteiger partial charge in [0.15, 0.2) is 0 Å². The molecule has 0 saturated heterocycles. The standard InChI is InChI=1S/C11H8N2O3/c12-11(15)16-10(14)8-5-6-13-9-4-2-1-3-7(8)9/h1-6H,(H2,12,15). The van der Waals surface area contributed by atoms with E-state index in [4.69, 9.17) is 5.73 Å². The molecule has 5 heteroatoms. The molecule has 80 valence electrons. The van der Waals surface area contributed by atoms with Gasteiger partial charge >= 0.3 is 12.1 Å². The van der Waals surface area contributed by atoms with E-state index in [2.05, 4.69) is 9.72 Å². The van der Waals surface area contributed by atoms with Crippen LogP contribution >= 0.6 is 0 Å². The minimum absolute atomic E-state index is 0.268. The van der Waals surface area contributed by atoms with Gasteiger partial charge in [-0.3, -0.25) is 4.98 Å². The smallest absolute Gasteiger partial charge is 0.373 e. The number of para-hydroxylation sites is 1. The average Bonchev–Trinajstić information content (AvgIpc) is 2.27. The minimum atomic E-state index is -1.12. The number of benzene rings is 1. The van der Waals surface area contributed by atoms with E-state index in [1.165, 1.54) is 12.3 Å². The lowest BCUT2D eigenvalue weighted by atomic mass is 10.1. The van der Waals surface area contributed by atoms with Crippen LogP contribution in [0.4, 0.5) is 4.79 Å². The first-order valence-electron chi connectivity index (χ1n) is 4.54. The molecule has 0 saturated carbocycles. The van der Waals surface area contributed by atoms with Crippen molar-refractivity contribution in [3.63, 3.8) is 0 Å². The Balaban J connectivity index is 2.52. The Morgan fingerprint density at radius 3 is 2.69 bits per heavy atom. The molecule has 1 aromatic heterocycles. The molecule has 0 spiro atoms. The number of esters is 1. The van der Waals surface area contributed by atoms with Gasteiger partial charge in [0.1, 0.15) is 0 Å². The molecule has 2 aromatic rings. The van der Waals surface area contributed by atoms with Crippen LogP contribution in [0.3, 0.4) is 0 Å². The largest absolute Gasteiger partial charge is 0.412 e. The third-order valence-corrected chi connectivity index (χ3v) is 2.06. The van der Waals surface area contributed by atoms with E-state index in [-0.39, 0.29) is 5.56 Å². The second-order valence-electron chi connectivity index (χ2n) is 3.08. The van der Waals surface area contributed by atoms with Crippen molar-refractivity contribution in [1.82, 2.24) is 4.98 Å². The summed E-state index contributed by atoms with van der Waals surface area (Å²) in [7, 11) is 0. The van der Waals surface area contributed by atoms with Crippen LogP contribution in [0, 0.1) is 0 Å². The molecule has 0 unspecified atom stereocenters. The highest BCUT2D eigenvalue weighted by atomic mass is 16.6. The Morgan fingerprint density at radius 1 is 1.19 bits per heavy atom. The zero-order chi connectivity index (χ0) is 11.5. The lowest BCUT2D eigenvalue weighted by Gasteiger charge is -2.03. The van der Waals surface area contributed by atoms with Gasteiger partial charge in [-0.1, -0.05) is 18.2 Å². The molecule has 0 bridgehead atoms. The number of hydrogen-bond acceptors (Lipinski definition) is 4. The summed E-state index contributed by atoms with van der Waals surface area (Å²) in [6, 6.07) is 8.54. The summed E-state index contributed by atoms with van der Waals surface area (Å²) in [5.41, 5.74) is 5.70. The monoisotopic (exact) mass is 216 g/mol. The Labute approximate surface area is 90.8 Å². The van der Waals surface area contributed by atoms with Crippen LogP contribution in [-0.2, 0) is 4.74 Å². The zero-order valence-electron chi connectivity index (χ0n) is 8.21. The number of rotatable bonds is 1. The van der Waals surface area contributed by atoms with Crippen LogP contribution < -0.4 is 5.73 Å². The summed E-state index contributed by atoms with van der Waals surface area (Å²) >= 11 is 0. The van der Waals surface area contributed by atoms with E-state index < -0.39 is 12.1 Å². The molecule has 0 fully saturated rings. The summed E-state index contributed by atoms with van der Waals surface area (Å²) in [4.78, 5) is 26.1. The van der Waals surface area contributed by atoms with Crippen LogP contribution in [0.15, 0.2) is 36.5 Å². The van der Waals surface area contributed by atoms with Gasteiger partial charge in [-0.15, -0.1) is 0 Å². The summed E-state index contributed by atoms with van der Waals surface area (Å²) in [5, 5.41) is 0.622. The molecule has 1 amide bonds. The Morgan fingerprint density at radius 2 is 1.94 bits per heavy atom. The molecule has 16 heavy (non-hydrogen) atoms. The number of primary amides is 1. The van der Waals surface area contributed by atoms with Crippen molar-refractivity contribution in [2.75, 3.05) is 0 Å². The number of hydrogen-bond donors (Lipinski definition) is 1. The molecule has 2 rings (SSSR count). The molecule has 0 atom stereocenters. The molecular formula is C11H8N2O3. The molecule has 2 N–H and O–H groups in total. The van der Waals surface area contributed by atoms with Gasteiger partial charge in [0.05, 0.1) is 11.1 Å². The van der Waals surface area contributed by atoms with E-state index in [0.29, 0.717) is 10.9 Å². The van der Waals surface area contributed by atoms with Crippen molar-refractivity contribution in [3.8, 4) is 0 Å². The van der Waals surface area contributed by atoms with Crippen molar-refractivity contribution < 1.29 is 14.3 Å². The Kier molecular flexibility index (Phi) is 2.51. The lowest BCUT2D eigenvalue weighted by molar-refractivity contribution is 0.0640. The maximum absolute atomic E-state index is 11.5. The topological polar surface area (TPSA) is 82.3 Å². The van der Waals surface area contributed by atoms with Crippen molar-refractivity contribution in [2.45, 2.75) is 0 Å². The maximum Gasteiger partial charge on any atom is 0.412 e. The van der Waals surface area contributed by atoms with Gasteiger partial charge in [0, 0.05) is 11.6 Å². The van der Waals surface area contributed by atoms with Gasteiger partial charge in [-0.25, -0.2) is 9.59 Å². The zero-order valence-corrected chi connectivity index (χ0v) is 8.21. The van der Waals surface area contributed by atoms with E-state index in [1.54, 1.807) is 24.3 Å². The van der Waals surface area contributed by atoms with E-state index in [1.807, 2.05) is 0 Å². The maximum atomic E-state index is 11.5. The quantitative estimate of drug-likeness (QED) is 0.578. The molecule has 0 aliphatic heterocycles. The SMILES string of the molecule is NC(=O)OC(=O)c1ccnc2ccccc12. The van der Waals surface area contributed by atoms with Gasteiger partial charge in [-0.2, -0.15) is 0 Å². The predicted octanol–water partition coefficient (Wildman–Crippen LogP) is 1.47. The number of nitrogens with zero attached hydrogens (tertiary/aromatic N) is 1. The highest BCUT2D eigenvalue weighted by Crippen LogP contribution is 2.16. The Hall–Kier alpha value is -2.43. The molecule has 5 nitrogen and oxygen atoms in total. The third-order valence-electron chi connectivity index (χ3n) is 2.06. The van der Waals surface area contributed by atoms with Gasteiger partial charge in [0.2, 0.25) is 0 Å². The molecule has 1 heterocycles. The lowest BCUT2D eigenvalue weighted by Crippen LogP contribution is -2.18. The van der Waals surface area contributed by atoms with Crippen LogP contribution in [-0.4, -0.2) is 17.0 Å². The van der Waals surface area contributed by atoms with Crippen molar-refractivity contribution in [3.05, 3.63) is 42.1 Å². The van der Waals surface area contributed by atoms with Crippen LogP contribution in [0.25, 0.3) is 10.9 Å². The van der Waals surface area contributed by atoms with E-state index >= 15 is 0 Å². The van der Waals surface area contributed by atoms with Crippen LogP contribution in [0.5, 0.6) is 0 Å². The first-order valence-corrected chi connectivity index (χ1v) is 4.54. The number of amides is 1. The highest BCUT2D eigenvalue weighted by molar-refractivity contribution is 6.06. The fraction of sp³-hybridized carbons (Fsp3) is 0. The number of pyridine rings is 1. The predicted molar refractivity (Wildman–Crippen MR) is 56.7 cm³/mol. The number of carbonyl (C=O) groups excluding carboxylic acids is 2. The summed E-state index contributed by atoms with van der Waals surface area (Å²) in [6.07, 6.45) is 0.353. The van der Waals surface area contributed by atoms with Crippen molar-refractivity contribution >= 4 is 23.0 Å². The number of aromatic nitrogens is 1. The number of nitrogens with two attached hydrogens (primary N) is 1. The molecule has 1 aromatic carbocycles. The van der Waals surface area contributed by atoms with Gasteiger partial charge in [-0.05, 0) is 12.1 Å². The normalized spacial score (nSPS) is 10.0. The average molecular weight is 216 g/mol. The number of fused-ring (bicyclic) bond motifs is 1. The summed E-state index contributed by atoms with van der Waals surface area (Å²) < 4.78 is 4.32. The fourth-order valence-electron chi connectivity index (χ4n) is 1.42. The number of carbonyl (C=O) groups is 2. The first kappa shape index (κ1) is 10.1. The van der Waals surface area contributed by atoms with E-state index in [9.17, 15) is 9.59 Å².